The topological polar surface area (TPSA) is 70.2 Å². The summed E-state index contributed by atoms with van der Waals surface area (Å²) < 4.78 is 47.2. The zero-order valence-electron chi connectivity index (χ0n) is 16.1. The molecule has 0 radical (unpaired) electrons. The summed E-state index contributed by atoms with van der Waals surface area (Å²) in [6.07, 6.45) is 2.78. The third-order valence-corrected chi connectivity index (χ3v) is 6.85. The van der Waals surface area contributed by atoms with Crippen LogP contribution in [0.4, 0.5) is 4.39 Å². The number of halogens is 1. The highest BCUT2D eigenvalue weighted by atomic mass is 32.2. The van der Waals surface area contributed by atoms with E-state index in [0.29, 0.717) is 26.2 Å². The molecule has 0 aliphatic carbocycles. The van der Waals surface area contributed by atoms with E-state index in [-0.39, 0.29) is 37.0 Å². The number of benzene rings is 1. The van der Waals surface area contributed by atoms with Crippen LogP contribution >= 0.6 is 0 Å². The first-order valence-electron chi connectivity index (χ1n) is 9.39. The molecule has 2 heterocycles. The van der Waals surface area contributed by atoms with Crippen LogP contribution in [0.1, 0.15) is 19.4 Å². The van der Waals surface area contributed by atoms with E-state index >= 15 is 0 Å². The lowest BCUT2D eigenvalue weighted by Gasteiger charge is -2.40. The van der Waals surface area contributed by atoms with Crippen molar-refractivity contribution >= 4 is 22.2 Å². The first kappa shape index (κ1) is 20.9. The maximum Gasteiger partial charge on any atom is 0.282 e. The number of rotatable bonds is 4. The number of amides is 1. The van der Waals surface area contributed by atoms with Gasteiger partial charge in [0.25, 0.3) is 10.2 Å². The van der Waals surface area contributed by atoms with E-state index in [4.69, 9.17) is 4.74 Å². The largest absolute Gasteiger partial charge is 0.373 e. The lowest BCUT2D eigenvalue weighted by molar-refractivity contribution is -0.127. The SMILES string of the molecule is CC1CN(S(=O)(=O)N2CCN(C(=O)/C=C/c3ccc(F)cc3)CC2)CC(C)O1. The van der Waals surface area contributed by atoms with E-state index in [1.165, 1.54) is 26.8 Å². The highest BCUT2D eigenvalue weighted by Gasteiger charge is 2.37. The van der Waals surface area contributed by atoms with Gasteiger partial charge in [0.15, 0.2) is 0 Å². The van der Waals surface area contributed by atoms with Crippen molar-refractivity contribution in [1.82, 2.24) is 13.5 Å². The molecule has 1 aromatic rings. The van der Waals surface area contributed by atoms with Gasteiger partial charge in [-0.3, -0.25) is 4.79 Å². The second kappa shape index (κ2) is 8.69. The van der Waals surface area contributed by atoms with Crippen LogP contribution in [0, 0.1) is 5.82 Å². The Balaban J connectivity index is 1.56. The molecule has 0 saturated carbocycles. The van der Waals surface area contributed by atoms with Crippen molar-refractivity contribution in [3.05, 3.63) is 41.7 Å². The Bertz CT molecular complexity index is 810. The van der Waals surface area contributed by atoms with E-state index < -0.39 is 10.2 Å². The summed E-state index contributed by atoms with van der Waals surface area (Å²) in [4.78, 5) is 14.0. The number of nitrogens with zero attached hydrogens (tertiary/aromatic N) is 3. The lowest BCUT2D eigenvalue weighted by Crippen LogP contribution is -2.57. The zero-order chi connectivity index (χ0) is 20.3. The third kappa shape index (κ3) is 4.96. The maximum absolute atomic E-state index is 12.9. The number of ether oxygens (including phenoxy) is 1. The Morgan fingerprint density at radius 2 is 1.61 bits per heavy atom. The normalized spacial score (nSPS) is 25.3. The van der Waals surface area contributed by atoms with Crippen molar-refractivity contribution in [1.29, 1.82) is 0 Å². The molecular weight excluding hydrogens is 385 g/mol. The van der Waals surface area contributed by atoms with E-state index in [1.54, 1.807) is 23.1 Å². The zero-order valence-corrected chi connectivity index (χ0v) is 16.9. The van der Waals surface area contributed by atoms with Crippen LogP contribution in [0.3, 0.4) is 0 Å². The van der Waals surface area contributed by atoms with E-state index in [2.05, 4.69) is 0 Å². The summed E-state index contributed by atoms with van der Waals surface area (Å²) in [5, 5.41) is 0. The van der Waals surface area contributed by atoms with Gasteiger partial charge >= 0.3 is 0 Å². The highest BCUT2D eigenvalue weighted by Crippen LogP contribution is 2.19. The second-order valence-corrected chi connectivity index (χ2v) is 9.12. The predicted molar refractivity (Wildman–Crippen MR) is 104 cm³/mol. The molecule has 28 heavy (non-hydrogen) atoms. The van der Waals surface area contributed by atoms with Crippen molar-refractivity contribution in [2.75, 3.05) is 39.3 Å². The first-order chi connectivity index (χ1) is 13.3. The molecule has 0 spiro atoms. The van der Waals surface area contributed by atoms with Gasteiger partial charge < -0.3 is 9.64 Å². The minimum Gasteiger partial charge on any atom is -0.373 e. The van der Waals surface area contributed by atoms with Gasteiger partial charge in [0, 0.05) is 45.3 Å². The number of piperazine rings is 1. The predicted octanol–water partition coefficient (Wildman–Crippen LogP) is 1.34. The van der Waals surface area contributed by atoms with E-state index in [0.717, 1.165) is 5.56 Å². The Hall–Kier alpha value is -1.81. The average Bonchev–Trinajstić information content (AvgIpc) is 2.66. The van der Waals surface area contributed by atoms with Crippen LogP contribution < -0.4 is 0 Å². The second-order valence-electron chi connectivity index (χ2n) is 7.19. The summed E-state index contributed by atoms with van der Waals surface area (Å²) in [5.74, 6) is -0.514. The molecule has 0 aromatic heterocycles. The quantitative estimate of drug-likeness (QED) is 0.701. The molecule has 2 fully saturated rings. The Labute approximate surface area is 165 Å². The van der Waals surface area contributed by atoms with Crippen LogP contribution in [-0.2, 0) is 19.7 Å². The fourth-order valence-electron chi connectivity index (χ4n) is 3.47. The van der Waals surface area contributed by atoms with Crippen LogP contribution in [0.5, 0.6) is 0 Å². The molecule has 154 valence electrons. The summed E-state index contributed by atoms with van der Waals surface area (Å²) in [6.45, 7) is 5.60. The summed E-state index contributed by atoms with van der Waals surface area (Å²) in [5.41, 5.74) is 0.728. The molecule has 1 amide bonds. The van der Waals surface area contributed by atoms with Crippen molar-refractivity contribution in [3.8, 4) is 0 Å². The van der Waals surface area contributed by atoms with Crippen molar-refractivity contribution in [2.24, 2.45) is 0 Å². The minimum absolute atomic E-state index is 0.141. The van der Waals surface area contributed by atoms with Gasteiger partial charge in [-0.25, -0.2) is 4.39 Å². The number of morpholine rings is 1. The number of hydrogen-bond acceptors (Lipinski definition) is 4. The van der Waals surface area contributed by atoms with Crippen molar-refractivity contribution in [3.63, 3.8) is 0 Å². The molecule has 2 atom stereocenters. The fraction of sp³-hybridized carbons (Fsp3) is 0.526. The van der Waals surface area contributed by atoms with Gasteiger partial charge in [0.2, 0.25) is 5.91 Å². The molecule has 0 N–H and O–H groups in total. The molecule has 2 unspecified atom stereocenters. The lowest BCUT2D eigenvalue weighted by atomic mass is 10.2. The molecule has 2 aliphatic rings. The van der Waals surface area contributed by atoms with Crippen molar-refractivity contribution in [2.45, 2.75) is 26.1 Å². The third-order valence-electron chi connectivity index (χ3n) is 4.88. The van der Waals surface area contributed by atoms with Crippen molar-refractivity contribution < 1.29 is 22.3 Å². The van der Waals surface area contributed by atoms with Crippen LogP contribution in [0.2, 0.25) is 0 Å². The van der Waals surface area contributed by atoms with Gasteiger partial charge in [-0.05, 0) is 37.6 Å². The molecule has 9 heteroatoms. The van der Waals surface area contributed by atoms with Gasteiger partial charge in [0.05, 0.1) is 12.2 Å². The standard InChI is InChI=1S/C19H26FN3O4S/c1-15-13-23(14-16(2)27-15)28(25,26)22-11-9-21(10-12-22)19(24)8-5-17-3-6-18(20)7-4-17/h3-8,15-16H,9-14H2,1-2H3/b8-5+. The molecule has 2 aliphatic heterocycles. The molecule has 0 bridgehead atoms. The smallest absolute Gasteiger partial charge is 0.282 e. The number of carbonyl (C=O) groups excluding carboxylic acids is 1. The summed E-state index contributed by atoms with van der Waals surface area (Å²) in [7, 11) is -3.56. The highest BCUT2D eigenvalue weighted by molar-refractivity contribution is 7.86. The van der Waals surface area contributed by atoms with Gasteiger partial charge in [-0.2, -0.15) is 17.0 Å². The van der Waals surface area contributed by atoms with E-state index in [9.17, 15) is 17.6 Å². The molecule has 7 nitrogen and oxygen atoms in total. The molecular formula is C19H26FN3O4S. The minimum atomic E-state index is -3.56. The van der Waals surface area contributed by atoms with Crippen LogP contribution in [-0.4, -0.2) is 79.3 Å². The number of carbonyl (C=O) groups is 1. The molecule has 2 saturated heterocycles. The Morgan fingerprint density at radius 3 is 2.18 bits per heavy atom. The molecule has 1 aromatic carbocycles. The molecule has 3 rings (SSSR count). The monoisotopic (exact) mass is 411 g/mol. The maximum atomic E-state index is 12.9. The van der Waals surface area contributed by atoms with E-state index in [1.807, 2.05) is 13.8 Å². The summed E-state index contributed by atoms with van der Waals surface area (Å²) in [6, 6.07) is 5.85. The summed E-state index contributed by atoms with van der Waals surface area (Å²) >= 11 is 0. The Kier molecular flexibility index (Phi) is 6.49. The Morgan fingerprint density at radius 1 is 1.04 bits per heavy atom. The van der Waals surface area contributed by atoms with Gasteiger partial charge in [-0.15, -0.1) is 0 Å². The number of hydrogen-bond donors (Lipinski definition) is 0. The fourth-order valence-corrected chi connectivity index (χ4v) is 5.22. The average molecular weight is 411 g/mol. The van der Waals surface area contributed by atoms with Gasteiger partial charge in [0.1, 0.15) is 5.82 Å². The van der Waals surface area contributed by atoms with Crippen LogP contribution in [0.25, 0.3) is 6.08 Å². The first-order valence-corrected chi connectivity index (χ1v) is 10.8. The van der Waals surface area contributed by atoms with Gasteiger partial charge in [-0.1, -0.05) is 12.1 Å². The van der Waals surface area contributed by atoms with Crippen LogP contribution in [0.15, 0.2) is 30.3 Å².